The number of halogens is 1. The number of carbonyl (C=O) groups is 1. The minimum atomic E-state index is -0.484. The number of aromatic nitrogens is 3. The number of benzene rings is 2. The molecule has 4 rings (SSSR count). The number of nitrogens with zero attached hydrogens (tertiary/aromatic N) is 3. The number of nitrogens with two attached hydrogens (primary N) is 1. The van der Waals surface area contributed by atoms with Crippen LogP contribution >= 0.6 is 0 Å². The van der Waals surface area contributed by atoms with E-state index in [9.17, 15) is 9.18 Å². The third-order valence-corrected chi connectivity index (χ3v) is 3.91. The highest BCUT2D eigenvalue weighted by atomic mass is 19.1. The maximum Gasteiger partial charge on any atom is 0.248 e. The molecular weight excluding hydrogens is 333 g/mol. The Morgan fingerprint density at radius 2 is 1.81 bits per heavy atom. The van der Waals surface area contributed by atoms with Crippen LogP contribution in [0.4, 0.5) is 16.0 Å². The van der Waals surface area contributed by atoms with Gasteiger partial charge in [0.15, 0.2) is 5.65 Å². The summed E-state index contributed by atoms with van der Waals surface area (Å²) in [6.45, 7) is 0. The normalized spacial score (nSPS) is 10.8. The zero-order chi connectivity index (χ0) is 18.1. The van der Waals surface area contributed by atoms with Crippen LogP contribution in [-0.2, 0) is 0 Å². The molecule has 1 amide bonds. The van der Waals surface area contributed by atoms with Crippen molar-refractivity contribution < 1.29 is 9.18 Å². The number of carbonyl (C=O) groups excluding carboxylic acids is 1. The summed E-state index contributed by atoms with van der Waals surface area (Å²) in [7, 11) is 0. The highest BCUT2D eigenvalue weighted by molar-refractivity contribution is 5.93. The molecule has 0 saturated carbocycles. The molecule has 0 aliphatic heterocycles. The first kappa shape index (κ1) is 15.8. The molecule has 0 spiro atoms. The summed E-state index contributed by atoms with van der Waals surface area (Å²) in [5.41, 5.74) is 8.44. The Bertz CT molecular complexity index is 1100. The number of pyridine rings is 1. The summed E-state index contributed by atoms with van der Waals surface area (Å²) < 4.78 is 15.2. The molecular formula is C19H14FN5O. The van der Waals surface area contributed by atoms with Crippen molar-refractivity contribution in [2.75, 3.05) is 5.32 Å². The van der Waals surface area contributed by atoms with E-state index in [2.05, 4.69) is 15.4 Å². The number of primary amides is 1. The highest BCUT2D eigenvalue weighted by Gasteiger charge is 2.10. The maximum absolute atomic E-state index is 13.5. The lowest BCUT2D eigenvalue weighted by atomic mass is 10.1. The first-order chi connectivity index (χ1) is 12.6. The monoisotopic (exact) mass is 347 g/mol. The molecule has 128 valence electrons. The molecule has 0 aliphatic carbocycles. The van der Waals surface area contributed by atoms with Crippen LogP contribution in [0, 0.1) is 5.82 Å². The van der Waals surface area contributed by atoms with Gasteiger partial charge in [0, 0.05) is 16.8 Å². The molecule has 0 bridgehead atoms. The Balaban J connectivity index is 1.69. The molecule has 0 fully saturated rings. The van der Waals surface area contributed by atoms with Gasteiger partial charge in [0.25, 0.3) is 0 Å². The van der Waals surface area contributed by atoms with Gasteiger partial charge in [-0.25, -0.2) is 8.91 Å². The van der Waals surface area contributed by atoms with Gasteiger partial charge >= 0.3 is 0 Å². The van der Waals surface area contributed by atoms with E-state index in [4.69, 9.17) is 5.73 Å². The van der Waals surface area contributed by atoms with Crippen molar-refractivity contribution in [3.63, 3.8) is 0 Å². The zero-order valence-corrected chi connectivity index (χ0v) is 13.6. The fourth-order valence-corrected chi connectivity index (χ4v) is 2.67. The Kier molecular flexibility index (Phi) is 3.81. The Labute approximate surface area is 148 Å². The maximum atomic E-state index is 13.5. The fourth-order valence-electron chi connectivity index (χ4n) is 2.67. The molecule has 2 heterocycles. The number of anilines is 2. The summed E-state index contributed by atoms with van der Waals surface area (Å²) in [6.07, 6.45) is 0. The molecule has 0 unspecified atom stereocenters. The van der Waals surface area contributed by atoms with Crippen molar-refractivity contribution >= 4 is 23.2 Å². The van der Waals surface area contributed by atoms with Crippen LogP contribution < -0.4 is 11.1 Å². The molecule has 2 aromatic heterocycles. The van der Waals surface area contributed by atoms with Crippen molar-refractivity contribution in [3.8, 4) is 11.3 Å². The summed E-state index contributed by atoms with van der Waals surface area (Å²) in [5, 5.41) is 7.53. The lowest BCUT2D eigenvalue weighted by molar-refractivity contribution is 0.100. The van der Waals surface area contributed by atoms with Crippen LogP contribution in [0.5, 0.6) is 0 Å². The van der Waals surface area contributed by atoms with Gasteiger partial charge in [0.1, 0.15) is 5.82 Å². The average molecular weight is 347 g/mol. The molecule has 3 N–H and O–H groups in total. The summed E-state index contributed by atoms with van der Waals surface area (Å²) in [6, 6.07) is 18.5. The van der Waals surface area contributed by atoms with E-state index in [-0.39, 0.29) is 5.82 Å². The van der Waals surface area contributed by atoms with Gasteiger partial charge in [-0.3, -0.25) is 4.79 Å². The number of hydrogen-bond acceptors (Lipinski definition) is 4. The molecule has 7 heteroatoms. The molecule has 6 nitrogen and oxygen atoms in total. The predicted molar refractivity (Wildman–Crippen MR) is 96.6 cm³/mol. The van der Waals surface area contributed by atoms with Crippen molar-refractivity contribution in [1.29, 1.82) is 0 Å². The van der Waals surface area contributed by atoms with E-state index in [1.54, 1.807) is 34.8 Å². The minimum Gasteiger partial charge on any atom is -0.366 e. The topological polar surface area (TPSA) is 85.3 Å². The zero-order valence-electron chi connectivity index (χ0n) is 13.6. The van der Waals surface area contributed by atoms with Crippen LogP contribution in [0.25, 0.3) is 16.9 Å². The van der Waals surface area contributed by atoms with Crippen molar-refractivity contribution in [2.45, 2.75) is 0 Å². The van der Waals surface area contributed by atoms with Crippen LogP contribution in [0.15, 0.2) is 66.7 Å². The van der Waals surface area contributed by atoms with E-state index >= 15 is 0 Å². The second kappa shape index (κ2) is 6.29. The number of nitrogens with one attached hydrogen (secondary N) is 1. The van der Waals surface area contributed by atoms with Gasteiger partial charge in [-0.2, -0.15) is 4.98 Å². The summed E-state index contributed by atoms with van der Waals surface area (Å²) in [4.78, 5) is 15.6. The molecule has 0 atom stereocenters. The van der Waals surface area contributed by atoms with Gasteiger partial charge in [0.05, 0.1) is 5.69 Å². The number of hydrogen-bond donors (Lipinski definition) is 2. The molecule has 2 aromatic carbocycles. The smallest absolute Gasteiger partial charge is 0.248 e. The predicted octanol–water partition coefficient (Wildman–Crippen LogP) is 3.38. The largest absolute Gasteiger partial charge is 0.366 e. The Morgan fingerprint density at radius 3 is 2.54 bits per heavy atom. The van der Waals surface area contributed by atoms with Crippen molar-refractivity contribution in [2.24, 2.45) is 5.73 Å². The third kappa shape index (κ3) is 2.98. The lowest BCUT2D eigenvalue weighted by Gasteiger charge is -2.04. The molecule has 0 radical (unpaired) electrons. The summed E-state index contributed by atoms with van der Waals surface area (Å²) >= 11 is 0. The highest BCUT2D eigenvalue weighted by Crippen LogP contribution is 2.22. The first-order valence-electron chi connectivity index (χ1n) is 7.89. The number of fused-ring (bicyclic) bond motifs is 1. The Morgan fingerprint density at radius 1 is 1.04 bits per heavy atom. The van der Waals surface area contributed by atoms with E-state index in [0.717, 1.165) is 11.4 Å². The van der Waals surface area contributed by atoms with Gasteiger partial charge in [-0.15, -0.1) is 5.10 Å². The van der Waals surface area contributed by atoms with Crippen LogP contribution in [0.1, 0.15) is 10.4 Å². The van der Waals surface area contributed by atoms with E-state index in [1.807, 2.05) is 24.3 Å². The second-order valence-corrected chi connectivity index (χ2v) is 5.69. The molecule has 26 heavy (non-hydrogen) atoms. The van der Waals surface area contributed by atoms with Gasteiger partial charge in [0.2, 0.25) is 11.9 Å². The van der Waals surface area contributed by atoms with Crippen LogP contribution in [-0.4, -0.2) is 20.5 Å². The van der Waals surface area contributed by atoms with Crippen LogP contribution in [0.3, 0.4) is 0 Å². The quantitative estimate of drug-likeness (QED) is 0.593. The van der Waals surface area contributed by atoms with E-state index in [0.29, 0.717) is 22.7 Å². The fraction of sp³-hybridized carbons (Fsp3) is 0. The molecule has 0 saturated heterocycles. The number of amides is 1. The third-order valence-electron chi connectivity index (χ3n) is 3.91. The van der Waals surface area contributed by atoms with E-state index in [1.165, 1.54) is 12.1 Å². The van der Waals surface area contributed by atoms with Gasteiger partial charge < -0.3 is 11.1 Å². The van der Waals surface area contributed by atoms with Crippen LogP contribution in [0.2, 0.25) is 0 Å². The Hall–Kier alpha value is -3.74. The molecule has 0 aliphatic rings. The van der Waals surface area contributed by atoms with Crippen molar-refractivity contribution in [3.05, 3.63) is 78.1 Å². The van der Waals surface area contributed by atoms with Crippen molar-refractivity contribution in [1.82, 2.24) is 14.6 Å². The minimum absolute atomic E-state index is 0.312. The standard InChI is InChI=1S/C19H14FN5O/c20-14-4-1-3-13(11-14)16-5-2-6-17-23-19(24-25(16)17)22-15-9-7-12(8-10-15)18(21)26/h1-11H,(H2,21,26)(H,22,24). The SMILES string of the molecule is NC(=O)c1ccc(Nc2nc3cccc(-c4cccc(F)c4)n3n2)cc1. The average Bonchev–Trinajstić information content (AvgIpc) is 3.04. The van der Waals surface area contributed by atoms with Gasteiger partial charge in [-0.1, -0.05) is 18.2 Å². The second-order valence-electron chi connectivity index (χ2n) is 5.69. The number of rotatable bonds is 4. The van der Waals surface area contributed by atoms with Gasteiger partial charge in [-0.05, 0) is 48.5 Å². The first-order valence-corrected chi connectivity index (χ1v) is 7.89. The molecule has 4 aromatic rings. The summed E-state index contributed by atoms with van der Waals surface area (Å²) in [5.74, 6) is -0.407. The van der Waals surface area contributed by atoms with E-state index < -0.39 is 5.91 Å². The lowest BCUT2D eigenvalue weighted by Crippen LogP contribution is -2.10.